The molecule has 1 amide bonds. The Kier molecular flexibility index (Phi) is 3.49. The van der Waals surface area contributed by atoms with Crippen LogP contribution in [0.25, 0.3) is 0 Å². The predicted molar refractivity (Wildman–Crippen MR) is 63.5 cm³/mol. The van der Waals surface area contributed by atoms with E-state index in [1.165, 1.54) is 0 Å². The molecule has 1 N–H and O–H groups in total. The first-order valence-electron chi connectivity index (χ1n) is 5.45. The summed E-state index contributed by atoms with van der Waals surface area (Å²) in [6, 6.07) is 7.24. The van der Waals surface area contributed by atoms with Crippen molar-refractivity contribution in [2.45, 2.75) is 13.5 Å². The number of carbonyl (C=O) groups excluding carboxylic acids is 1. The zero-order valence-corrected chi connectivity index (χ0v) is 9.63. The second-order valence-corrected chi connectivity index (χ2v) is 3.69. The molecule has 0 radical (unpaired) electrons. The van der Waals surface area contributed by atoms with Gasteiger partial charge in [-0.1, -0.05) is 6.07 Å². The van der Waals surface area contributed by atoms with Crippen molar-refractivity contribution in [1.29, 1.82) is 0 Å². The Morgan fingerprint density at radius 1 is 1.41 bits per heavy atom. The van der Waals surface area contributed by atoms with Gasteiger partial charge in [-0.3, -0.25) is 9.48 Å². The van der Waals surface area contributed by atoms with Crippen LogP contribution >= 0.6 is 0 Å². The lowest BCUT2D eigenvalue weighted by atomic mass is 10.3. The van der Waals surface area contributed by atoms with E-state index in [1.807, 2.05) is 31.3 Å². The van der Waals surface area contributed by atoms with Crippen molar-refractivity contribution < 1.29 is 4.79 Å². The number of aryl methyl sites for hydroxylation is 1. The van der Waals surface area contributed by atoms with Crippen LogP contribution in [-0.2, 0) is 6.54 Å². The van der Waals surface area contributed by atoms with E-state index in [0.717, 1.165) is 5.69 Å². The van der Waals surface area contributed by atoms with Gasteiger partial charge in [-0.2, -0.15) is 5.10 Å². The topological polar surface area (TPSA) is 59.8 Å². The molecule has 0 aliphatic rings. The molecule has 0 atom stereocenters. The molecule has 5 nitrogen and oxygen atoms in total. The highest BCUT2D eigenvalue weighted by molar-refractivity contribution is 5.92. The molecule has 2 aromatic rings. The third-order valence-electron chi connectivity index (χ3n) is 2.31. The molecule has 2 aromatic heterocycles. The first-order valence-corrected chi connectivity index (χ1v) is 5.45. The minimum absolute atomic E-state index is 0.152. The number of rotatable bonds is 4. The van der Waals surface area contributed by atoms with Gasteiger partial charge in [-0.05, 0) is 25.1 Å². The average molecular weight is 230 g/mol. The van der Waals surface area contributed by atoms with E-state index in [0.29, 0.717) is 18.8 Å². The summed E-state index contributed by atoms with van der Waals surface area (Å²) < 4.78 is 1.77. The second-order valence-electron chi connectivity index (χ2n) is 3.69. The third-order valence-corrected chi connectivity index (χ3v) is 2.31. The molecule has 0 saturated heterocycles. The van der Waals surface area contributed by atoms with E-state index in [-0.39, 0.29) is 5.91 Å². The van der Waals surface area contributed by atoms with Gasteiger partial charge in [0.1, 0.15) is 5.69 Å². The van der Waals surface area contributed by atoms with E-state index in [9.17, 15) is 4.79 Å². The van der Waals surface area contributed by atoms with Gasteiger partial charge in [-0.15, -0.1) is 0 Å². The van der Waals surface area contributed by atoms with Crippen LogP contribution in [0.2, 0.25) is 0 Å². The van der Waals surface area contributed by atoms with Crippen molar-refractivity contribution in [3.8, 4) is 0 Å². The standard InChI is InChI=1S/C12H14N4O/c1-10-4-2-5-11(15-10)12(17)13-7-9-16-8-3-6-14-16/h2-6,8H,7,9H2,1H3,(H,13,17). The van der Waals surface area contributed by atoms with E-state index in [2.05, 4.69) is 15.4 Å². The number of hydrogen-bond donors (Lipinski definition) is 1. The monoisotopic (exact) mass is 230 g/mol. The highest BCUT2D eigenvalue weighted by Gasteiger charge is 2.05. The molecular weight excluding hydrogens is 216 g/mol. The summed E-state index contributed by atoms with van der Waals surface area (Å²) in [5.41, 5.74) is 1.29. The zero-order valence-electron chi connectivity index (χ0n) is 9.63. The Hall–Kier alpha value is -2.17. The summed E-state index contributed by atoms with van der Waals surface area (Å²) in [6.45, 7) is 3.06. The zero-order chi connectivity index (χ0) is 12.1. The van der Waals surface area contributed by atoms with Crippen LogP contribution in [0, 0.1) is 6.92 Å². The lowest BCUT2D eigenvalue weighted by Crippen LogP contribution is -2.28. The Bertz CT molecular complexity index is 493. The van der Waals surface area contributed by atoms with Crippen molar-refractivity contribution in [2.24, 2.45) is 0 Å². The van der Waals surface area contributed by atoms with E-state index in [4.69, 9.17) is 0 Å². The summed E-state index contributed by atoms with van der Waals surface area (Å²) in [5, 5.41) is 6.85. The van der Waals surface area contributed by atoms with E-state index in [1.54, 1.807) is 16.9 Å². The van der Waals surface area contributed by atoms with Crippen LogP contribution in [0.5, 0.6) is 0 Å². The van der Waals surface area contributed by atoms with Crippen molar-refractivity contribution in [3.05, 3.63) is 48.0 Å². The van der Waals surface area contributed by atoms with Crippen molar-refractivity contribution in [1.82, 2.24) is 20.1 Å². The summed E-state index contributed by atoms with van der Waals surface area (Å²) in [5.74, 6) is -0.152. The fraction of sp³-hybridized carbons (Fsp3) is 0.250. The van der Waals surface area contributed by atoms with Gasteiger partial charge in [0.2, 0.25) is 0 Å². The maximum Gasteiger partial charge on any atom is 0.269 e. The molecule has 0 saturated carbocycles. The first kappa shape index (κ1) is 11.3. The predicted octanol–water partition coefficient (Wildman–Crippen LogP) is 1.02. The molecule has 88 valence electrons. The Morgan fingerprint density at radius 3 is 3.00 bits per heavy atom. The quantitative estimate of drug-likeness (QED) is 0.853. The van der Waals surface area contributed by atoms with Gasteiger partial charge in [0, 0.05) is 24.6 Å². The number of amides is 1. The molecule has 0 aliphatic carbocycles. The van der Waals surface area contributed by atoms with Crippen LogP contribution in [0.1, 0.15) is 16.2 Å². The Morgan fingerprint density at radius 2 is 2.29 bits per heavy atom. The van der Waals surface area contributed by atoms with Gasteiger partial charge in [0.15, 0.2) is 0 Å². The van der Waals surface area contributed by atoms with Crippen molar-refractivity contribution in [2.75, 3.05) is 6.54 Å². The van der Waals surface area contributed by atoms with Gasteiger partial charge in [-0.25, -0.2) is 4.98 Å². The number of pyridine rings is 1. The van der Waals surface area contributed by atoms with Gasteiger partial charge >= 0.3 is 0 Å². The maximum atomic E-state index is 11.7. The van der Waals surface area contributed by atoms with Crippen LogP contribution in [0.3, 0.4) is 0 Å². The van der Waals surface area contributed by atoms with Gasteiger partial charge in [0.05, 0.1) is 6.54 Å². The number of nitrogens with zero attached hydrogens (tertiary/aromatic N) is 3. The molecule has 0 aliphatic heterocycles. The smallest absolute Gasteiger partial charge is 0.269 e. The molecule has 0 unspecified atom stereocenters. The Balaban J connectivity index is 1.85. The molecule has 5 heteroatoms. The number of hydrogen-bond acceptors (Lipinski definition) is 3. The van der Waals surface area contributed by atoms with Gasteiger partial charge in [0.25, 0.3) is 5.91 Å². The van der Waals surface area contributed by atoms with E-state index >= 15 is 0 Å². The molecule has 0 fully saturated rings. The molecular formula is C12H14N4O. The SMILES string of the molecule is Cc1cccc(C(=O)NCCn2cccn2)n1. The lowest BCUT2D eigenvalue weighted by molar-refractivity contribution is 0.0947. The summed E-state index contributed by atoms with van der Waals surface area (Å²) in [4.78, 5) is 15.9. The van der Waals surface area contributed by atoms with Gasteiger partial charge < -0.3 is 5.32 Å². The lowest BCUT2D eigenvalue weighted by Gasteiger charge is -2.05. The number of carbonyl (C=O) groups is 1. The molecule has 0 spiro atoms. The third kappa shape index (κ3) is 3.14. The normalized spacial score (nSPS) is 10.2. The highest BCUT2D eigenvalue weighted by atomic mass is 16.1. The molecule has 0 aromatic carbocycles. The summed E-state index contributed by atoms with van der Waals surface area (Å²) in [6.07, 6.45) is 3.57. The van der Waals surface area contributed by atoms with Crippen LogP contribution in [0.15, 0.2) is 36.7 Å². The van der Waals surface area contributed by atoms with Crippen LogP contribution in [0.4, 0.5) is 0 Å². The Labute approximate surface area is 99.5 Å². The highest BCUT2D eigenvalue weighted by Crippen LogP contribution is 1.97. The number of aromatic nitrogens is 3. The van der Waals surface area contributed by atoms with Crippen LogP contribution in [-0.4, -0.2) is 27.2 Å². The molecule has 2 rings (SSSR count). The second kappa shape index (κ2) is 5.25. The minimum atomic E-state index is -0.152. The fourth-order valence-electron chi connectivity index (χ4n) is 1.48. The minimum Gasteiger partial charge on any atom is -0.349 e. The molecule has 0 bridgehead atoms. The largest absolute Gasteiger partial charge is 0.349 e. The molecule has 2 heterocycles. The van der Waals surface area contributed by atoms with Crippen LogP contribution < -0.4 is 5.32 Å². The maximum absolute atomic E-state index is 11.7. The van der Waals surface area contributed by atoms with Crippen molar-refractivity contribution in [3.63, 3.8) is 0 Å². The number of nitrogens with one attached hydrogen (secondary N) is 1. The van der Waals surface area contributed by atoms with E-state index < -0.39 is 0 Å². The van der Waals surface area contributed by atoms with Crippen molar-refractivity contribution >= 4 is 5.91 Å². The first-order chi connectivity index (χ1) is 8.25. The fourth-order valence-corrected chi connectivity index (χ4v) is 1.48. The summed E-state index contributed by atoms with van der Waals surface area (Å²) in [7, 11) is 0. The summed E-state index contributed by atoms with van der Waals surface area (Å²) >= 11 is 0. The molecule has 17 heavy (non-hydrogen) atoms. The average Bonchev–Trinajstić information content (AvgIpc) is 2.82.